The molecule has 2 aromatic rings. The number of hydrogen-bond acceptors (Lipinski definition) is 4. The lowest BCUT2D eigenvalue weighted by atomic mass is 9.95. The summed E-state index contributed by atoms with van der Waals surface area (Å²) in [5.74, 6) is 0.781. The van der Waals surface area contributed by atoms with E-state index in [1.807, 2.05) is 30.3 Å². The van der Waals surface area contributed by atoms with Crippen molar-refractivity contribution in [2.45, 2.75) is 44.8 Å². The van der Waals surface area contributed by atoms with Gasteiger partial charge in [0.15, 0.2) is 11.5 Å². The molecule has 1 N–H and O–H groups in total. The first-order chi connectivity index (χ1) is 14.6. The number of nitrogens with one attached hydrogen (secondary N) is 1. The SMILES string of the molecule is COc1cc(/C=C(/C#N)C(=O)NC2CCCCC2)ccc1OCc1ccc(Cl)cc1. The lowest BCUT2D eigenvalue weighted by Gasteiger charge is -2.22. The fourth-order valence-electron chi connectivity index (χ4n) is 3.46. The quantitative estimate of drug-likeness (QED) is 0.484. The van der Waals surface area contributed by atoms with Crippen LogP contribution in [0.1, 0.15) is 43.2 Å². The second-order valence-corrected chi connectivity index (χ2v) is 7.74. The largest absolute Gasteiger partial charge is 0.493 e. The minimum Gasteiger partial charge on any atom is -0.493 e. The number of nitriles is 1. The van der Waals surface area contributed by atoms with Gasteiger partial charge < -0.3 is 14.8 Å². The van der Waals surface area contributed by atoms with Crippen LogP contribution in [0.2, 0.25) is 5.02 Å². The molecule has 1 fully saturated rings. The highest BCUT2D eigenvalue weighted by atomic mass is 35.5. The minimum atomic E-state index is -0.327. The van der Waals surface area contributed by atoms with Gasteiger partial charge in [-0.3, -0.25) is 4.79 Å². The molecule has 30 heavy (non-hydrogen) atoms. The molecular weight excluding hydrogens is 400 g/mol. The van der Waals surface area contributed by atoms with Gasteiger partial charge in [0.2, 0.25) is 0 Å². The summed E-state index contributed by atoms with van der Waals surface area (Å²) in [6.45, 7) is 0.371. The number of rotatable bonds is 7. The van der Waals surface area contributed by atoms with E-state index in [9.17, 15) is 10.1 Å². The van der Waals surface area contributed by atoms with Gasteiger partial charge in [0, 0.05) is 11.1 Å². The van der Waals surface area contributed by atoms with Crippen molar-refractivity contribution in [3.63, 3.8) is 0 Å². The summed E-state index contributed by atoms with van der Waals surface area (Å²) in [5, 5.41) is 13.1. The normalized spacial score (nSPS) is 14.6. The molecule has 0 aliphatic heterocycles. The second kappa shape index (κ2) is 10.7. The summed E-state index contributed by atoms with van der Waals surface area (Å²) in [6, 6.07) is 14.9. The Hall–Kier alpha value is -2.97. The van der Waals surface area contributed by atoms with Crippen LogP contribution in [0.25, 0.3) is 6.08 Å². The van der Waals surface area contributed by atoms with E-state index in [0.717, 1.165) is 31.2 Å². The predicted molar refractivity (Wildman–Crippen MR) is 117 cm³/mol. The van der Waals surface area contributed by atoms with Crippen molar-refractivity contribution in [1.29, 1.82) is 5.26 Å². The molecule has 0 saturated heterocycles. The summed E-state index contributed by atoms with van der Waals surface area (Å²) in [5.41, 5.74) is 1.76. The fourth-order valence-corrected chi connectivity index (χ4v) is 3.59. The Labute approximate surface area is 182 Å². The molecule has 1 aliphatic carbocycles. The van der Waals surface area contributed by atoms with E-state index < -0.39 is 0 Å². The molecule has 0 radical (unpaired) electrons. The van der Waals surface area contributed by atoms with E-state index in [1.165, 1.54) is 6.42 Å². The Morgan fingerprint density at radius 1 is 1.17 bits per heavy atom. The molecule has 0 atom stereocenters. The van der Waals surface area contributed by atoms with Crippen molar-refractivity contribution in [1.82, 2.24) is 5.32 Å². The fraction of sp³-hybridized carbons (Fsp3) is 0.333. The molecule has 6 heteroatoms. The van der Waals surface area contributed by atoms with Crippen LogP contribution < -0.4 is 14.8 Å². The van der Waals surface area contributed by atoms with Crippen LogP contribution in [0.3, 0.4) is 0 Å². The van der Waals surface area contributed by atoms with E-state index in [0.29, 0.717) is 28.7 Å². The Bertz CT molecular complexity index is 942. The summed E-state index contributed by atoms with van der Waals surface area (Å²) in [6.07, 6.45) is 6.95. The Balaban J connectivity index is 1.69. The smallest absolute Gasteiger partial charge is 0.262 e. The highest BCUT2D eigenvalue weighted by Crippen LogP contribution is 2.30. The first-order valence-electron chi connectivity index (χ1n) is 10.1. The van der Waals surface area contributed by atoms with Gasteiger partial charge in [-0.15, -0.1) is 0 Å². The summed E-state index contributed by atoms with van der Waals surface area (Å²) in [7, 11) is 1.55. The summed E-state index contributed by atoms with van der Waals surface area (Å²) >= 11 is 5.91. The molecule has 0 spiro atoms. The Morgan fingerprint density at radius 3 is 2.57 bits per heavy atom. The molecule has 1 saturated carbocycles. The molecule has 0 bridgehead atoms. The molecular formula is C24H25ClN2O3. The van der Waals surface area contributed by atoms with Gasteiger partial charge in [-0.05, 0) is 54.3 Å². The highest BCUT2D eigenvalue weighted by molar-refractivity contribution is 6.30. The zero-order valence-electron chi connectivity index (χ0n) is 17.0. The van der Waals surface area contributed by atoms with Crippen molar-refractivity contribution in [2.24, 2.45) is 0 Å². The maximum absolute atomic E-state index is 12.5. The minimum absolute atomic E-state index is 0.0810. The summed E-state index contributed by atoms with van der Waals surface area (Å²) in [4.78, 5) is 12.5. The molecule has 1 amide bonds. The van der Waals surface area contributed by atoms with Crippen molar-refractivity contribution < 1.29 is 14.3 Å². The van der Waals surface area contributed by atoms with E-state index in [4.69, 9.17) is 21.1 Å². The van der Waals surface area contributed by atoms with Gasteiger partial charge in [-0.2, -0.15) is 5.26 Å². The molecule has 5 nitrogen and oxygen atoms in total. The number of amides is 1. The maximum Gasteiger partial charge on any atom is 0.262 e. The molecule has 3 rings (SSSR count). The van der Waals surface area contributed by atoms with Crippen molar-refractivity contribution in [2.75, 3.05) is 7.11 Å². The average Bonchev–Trinajstić information content (AvgIpc) is 2.78. The Kier molecular flexibility index (Phi) is 7.75. The zero-order valence-corrected chi connectivity index (χ0v) is 17.7. The van der Waals surface area contributed by atoms with Crippen LogP contribution in [-0.4, -0.2) is 19.1 Å². The number of hydrogen-bond donors (Lipinski definition) is 1. The third kappa shape index (κ3) is 6.01. The van der Waals surface area contributed by atoms with Gasteiger partial charge in [-0.1, -0.05) is 49.1 Å². The molecule has 156 valence electrons. The van der Waals surface area contributed by atoms with Gasteiger partial charge in [0.1, 0.15) is 18.2 Å². The zero-order chi connectivity index (χ0) is 21.3. The first-order valence-corrected chi connectivity index (χ1v) is 10.4. The third-order valence-corrected chi connectivity index (χ3v) is 5.36. The number of carbonyl (C=O) groups is 1. The van der Waals surface area contributed by atoms with Crippen LogP contribution in [0, 0.1) is 11.3 Å². The number of carbonyl (C=O) groups excluding carboxylic acids is 1. The average molecular weight is 425 g/mol. The number of benzene rings is 2. The summed E-state index contributed by atoms with van der Waals surface area (Å²) < 4.78 is 11.3. The standard InChI is InChI=1S/C24H25ClN2O3/c1-29-23-14-18(9-12-22(23)30-16-17-7-10-20(25)11-8-17)13-19(15-26)24(28)27-21-5-3-2-4-6-21/h7-14,21H,2-6,16H2,1H3,(H,27,28)/b19-13-. The maximum atomic E-state index is 12.5. The van der Waals surface area contributed by atoms with Crippen molar-refractivity contribution in [3.8, 4) is 17.6 Å². The lowest BCUT2D eigenvalue weighted by molar-refractivity contribution is -0.117. The topological polar surface area (TPSA) is 71.3 Å². The number of ether oxygens (including phenoxy) is 2. The number of methoxy groups -OCH3 is 1. The van der Waals surface area contributed by atoms with Gasteiger partial charge in [-0.25, -0.2) is 0 Å². The molecule has 2 aromatic carbocycles. The number of halogens is 1. The molecule has 1 aliphatic rings. The molecule has 0 heterocycles. The second-order valence-electron chi connectivity index (χ2n) is 7.30. The van der Waals surface area contributed by atoms with Crippen LogP contribution in [0.4, 0.5) is 0 Å². The van der Waals surface area contributed by atoms with E-state index in [1.54, 1.807) is 31.4 Å². The van der Waals surface area contributed by atoms with E-state index in [2.05, 4.69) is 5.32 Å². The van der Waals surface area contributed by atoms with E-state index in [-0.39, 0.29) is 17.5 Å². The third-order valence-electron chi connectivity index (χ3n) is 5.11. The van der Waals surface area contributed by atoms with Crippen molar-refractivity contribution in [3.05, 3.63) is 64.2 Å². The van der Waals surface area contributed by atoms with Gasteiger partial charge >= 0.3 is 0 Å². The van der Waals surface area contributed by atoms with Crippen LogP contribution in [-0.2, 0) is 11.4 Å². The predicted octanol–water partition coefficient (Wildman–Crippen LogP) is 5.28. The Morgan fingerprint density at radius 2 is 1.90 bits per heavy atom. The number of nitrogens with zero attached hydrogens (tertiary/aromatic N) is 1. The highest BCUT2D eigenvalue weighted by Gasteiger charge is 2.18. The first kappa shape index (κ1) is 21.7. The van der Waals surface area contributed by atoms with Crippen LogP contribution in [0.15, 0.2) is 48.0 Å². The lowest BCUT2D eigenvalue weighted by Crippen LogP contribution is -2.36. The van der Waals surface area contributed by atoms with E-state index >= 15 is 0 Å². The van der Waals surface area contributed by atoms with Gasteiger partial charge in [0.25, 0.3) is 5.91 Å². The van der Waals surface area contributed by atoms with Crippen molar-refractivity contribution >= 4 is 23.6 Å². The monoisotopic (exact) mass is 424 g/mol. The van der Waals surface area contributed by atoms with Crippen LogP contribution >= 0.6 is 11.6 Å². The molecule has 0 aromatic heterocycles. The van der Waals surface area contributed by atoms with Gasteiger partial charge in [0.05, 0.1) is 7.11 Å². The van der Waals surface area contributed by atoms with Crippen LogP contribution in [0.5, 0.6) is 11.5 Å². The molecule has 0 unspecified atom stereocenters.